The molecule has 17 heavy (non-hydrogen) atoms. The molecule has 2 nitrogen and oxygen atoms in total. The van der Waals surface area contributed by atoms with Gasteiger partial charge in [-0.2, -0.15) is 0 Å². The van der Waals surface area contributed by atoms with Crippen LogP contribution in [0.2, 0.25) is 0 Å². The molecule has 1 heterocycles. The van der Waals surface area contributed by atoms with Crippen molar-refractivity contribution in [2.45, 2.75) is 6.92 Å². The number of nitrogens with two attached hydrogens (primary N) is 1. The van der Waals surface area contributed by atoms with Crippen LogP contribution in [0.3, 0.4) is 0 Å². The van der Waals surface area contributed by atoms with E-state index in [9.17, 15) is 0 Å². The third-order valence-corrected chi connectivity index (χ3v) is 8.12. The molecule has 0 aliphatic carbocycles. The summed E-state index contributed by atoms with van der Waals surface area (Å²) in [7, 11) is 0. The maximum atomic E-state index is 5.91. The second-order valence-corrected chi connectivity index (χ2v) is 9.72. The average Bonchev–Trinajstić information content (AvgIpc) is 2.61. The SMILES string of the molecule is CC(=Nc1ccccc1N)I1CC=CC=CC1. The van der Waals surface area contributed by atoms with Gasteiger partial charge in [0.25, 0.3) is 0 Å². The number of aliphatic imine (C=N–C) groups is 1. The molecule has 0 aromatic heterocycles. The van der Waals surface area contributed by atoms with E-state index in [-0.39, 0.29) is 0 Å². The van der Waals surface area contributed by atoms with Gasteiger partial charge >= 0.3 is 110 Å². The van der Waals surface area contributed by atoms with Crippen LogP contribution in [0.25, 0.3) is 0 Å². The molecule has 1 aliphatic heterocycles. The Balaban J connectivity index is 2.19. The molecule has 3 heteroatoms. The summed E-state index contributed by atoms with van der Waals surface area (Å²) in [5.41, 5.74) is 7.60. The molecule has 0 atom stereocenters. The van der Waals surface area contributed by atoms with Gasteiger partial charge in [-0.15, -0.1) is 0 Å². The van der Waals surface area contributed by atoms with E-state index in [0.29, 0.717) is 0 Å². The van der Waals surface area contributed by atoms with Crippen molar-refractivity contribution in [2.75, 3.05) is 14.6 Å². The van der Waals surface area contributed by atoms with E-state index < -0.39 is 19.8 Å². The van der Waals surface area contributed by atoms with Crippen molar-refractivity contribution >= 4 is 34.9 Å². The van der Waals surface area contributed by atoms with Crippen molar-refractivity contribution in [3.8, 4) is 0 Å². The number of hydrogen-bond acceptors (Lipinski definition) is 2. The van der Waals surface area contributed by atoms with E-state index in [1.165, 1.54) is 12.6 Å². The fourth-order valence-corrected chi connectivity index (χ4v) is 5.63. The van der Waals surface area contributed by atoms with Gasteiger partial charge in [0.2, 0.25) is 0 Å². The van der Waals surface area contributed by atoms with Gasteiger partial charge in [0.05, 0.1) is 0 Å². The molecule has 2 rings (SSSR count). The number of anilines is 1. The summed E-state index contributed by atoms with van der Waals surface area (Å²) >= 11 is -1.12. The second kappa shape index (κ2) is 6.00. The molecule has 1 aromatic rings. The maximum absolute atomic E-state index is 5.91. The third-order valence-electron chi connectivity index (χ3n) is 2.53. The number of nitrogens with zero attached hydrogens (tertiary/aromatic N) is 1. The molecular weight excluding hydrogens is 323 g/mol. The topological polar surface area (TPSA) is 38.4 Å². The van der Waals surface area contributed by atoms with Crippen LogP contribution in [0.1, 0.15) is 6.92 Å². The summed E-state index contributed by atoms with van der Waals surface area (Å²) in [6, 6.07) is 7.82. The van der Waals surface area contributed by atoms with Crippen LogP contribution in [0.4, 0.5) is 11.4 Å². The van der Waals surface area contributed by atoms with Crippen molar-refractivity contribution in [3.63, 3.8) is 0 Å². The fourth-order valence-electron chi connectivity index (χ4n) is 1.58. The monoisotopic (exact) mass is 340 g/mol. The molecule has 0 spiro atoms. The zero-order valence-electron chi connectivity index (χ0n) is 9.94. The number of halogens is 1. The normalized spacial score (nSPS) is 18.2. The predicted molar refractivity (Wildman–Crippen MR) is 85.7 cm³/mol. The van der Waals surface area contributed by atoms with Crippen LogP contribution >= 0.6 is 19.8 Å². The van der Waals surface area contributed by atoms with E-state index in [4.69, 9.17) is 10.7 Å². The zero-order chi connectivity index (χ0) is 12.1. The Morgan fingerprint density at radius 3 is 2.47 bits per heavy atom. The van der Waals surface area contributed by atoms with Crippen molar-refractivity contribution in [1.82, 2.24) is 0 Å². The Kier molecular flexibility index (Phi) is 4.36. The zero-order valence-corrected chi connectivity index (χ0v) is 12.1. The summed E-state index contributed by atoms with van der Waals surface area (Å²) in [4.78, 5) is 4.72. The van der Waals surface area contributed by atoms with E-state index >= 15 is 0 Å². The first-order valence-electron chi connectivity index (χ1n) is 5.60. The van der Waals surface area contributed by atoms with E-state index in [0.717, 1.165) is 11.4 Å². The van der Waals surface area contributed by atoms with Gasteiger partial charge in [0.1, 0.15) is 0 Å². The number of allylic oxidation sites excluding steroid dienone is 4. The van der Waals surface area contributed by atoms with Crippen LogP contribution in [0, 0.1) is 0 Å². The molecule has 0 bridgehead atoms. The first-order valence-corrected chi connectivity index (χ1v) is 9.73. The molecule has 1 aliphatic rings. The minimum atomic E-state index is -1.12. The van der Waals surface area contributed by atoms with Gasteiger partial charge in [-0.05, 0) is 0 Å². The summed E-state index contributed by atoms with van der Waals surface area (Å²) in [6.07, 6.45) is 8.81. The van der Waals surface area contributed by atoms with Gasteiger partial charge in [-0.3, -0.25) is 0 Å². The molecule has 0 amide bonds. The van der Waals surface area contributed by atoms with Gasteiger partial charge < -0.3 is 0 Å². The molecular formula is C14H17IN2. The Morgan fingerprint density at radius 1 is 1.18 bits per heavy atom. The molecule has 90 valence electrons. The quantitative estimate of drug-likeness (QED) is 0.376. The summed E-state index contributed by atoms with van der Waals surface area (Å²) in [5.74, 6) is 0. The first-order chi connectivity index (χ1) is 8.27. The number of rotatable bonds is 2. The van der Waals surface area contributed by atoms with Crippen molar-refractivity contribution in [1.29, 1.82) is 0 Å². The molecule has 0 unspecified atom stereocenters. The molecule has 1 aromatic carbocycles. The van der Waals surface area contributed by atoms with Crippen molar-refractivity contribution in [3.05, 3.63) is 48.6 Å². The number of nitrogen functional groups attached to an aromatic ring is 1. The second-order valence-electron chi connectivity index (χ2n) is 3.79. The van der Waals surface area contributed by atoms with E-state index in [1.807, 2.05) is 24.3 Å². The summed E-state index contributed by atoms with van der Waals surface area (Å²) in [5, 5.41) is 0. The van der Waals surface area contributed by atoms with Gasteiger partial charge in [-0.1, -0.05) is 0 Å². The Morgan fingerprint density at radius 2 is 1.82 bits per heavy atom. The number of hydrogen-bond donors (Lipinski definition) is 1. The number of para-hydroxylation sites is 2. The molecule has 0 saturated carbocycles. The third kappa shape index (κ3) is 3.43. The van der Waals surface area contributed by atoms with Crippen molar-refractivity contribution < 1.29 is 0 Å². The Hall–Kier alpha value is -1.10. The minimum absolute atomic E-state index is 0.767. The van der Waals surface area contributed by atoms with Crippen LogP contribution < -0.4 is 5.73 Å². The summed E-state index contributed by atoms with van der Waals surface area (Å²) in [6.45, 7) is 2.16. The fraction of sp³-hybridized carbons (Fsp3) is 0.214. The predicted octanol–water partition coefficient (Wildman–Crippen LogP) is 3.95. The van der Waals surface area contributed by atoms with E-state index in [2.05, 4.69) is 31.2 Å². The Bertz CT molecular complexity index is 461. The Labute approximate surface area is 110 Å². The molecule has 0 radical (unpaired) electrons. The van der Waals surface area contributed by atoms with Crippen molar-refractivity contribution in [2.24, 2.45) is 4.99 Å². The molecule has 0 fully saturated rings. The summed E-state index contributed by atoms with van der Waals surface area (Å²) < 4.78 is 3.72. The van der Waals surface area contributed by atoms with E-state index in [1.54, 1.807) is 0 Å². The molecule has 2 N–H and O–H groups in total. The number of benzene rings is 1. The van der Waals surface area contributed by atoms with Crippen LogP contribution in [-0.4, -0.2) is 12.6 Å². The van der Waals surface area contributed by atoms with Gasteiger partial charge in [0, 0.05) is 0 Å². The van der Waals surface area contributed by atoms with Gasteiger partial charge in [-0.25, -0.2) is 0 Å². The van der Waals surface area contributed by atoms with Crippen LogP contribution in [-0.2, 0) is 0 Å². The first kappa shape index (κ1) is 12.4. The van der Waals surface area contributed by atoms with Crippen LogP contribution in [0.15, 0.2) is 53.6 Å². The van der Waals surface area contributed by atoms with Gasteiger partial charge in [0.15, 0.2) is 0 Å². The van der Waals surface area contributed by atoms with Crippen LogP contribution in [0.5, 0.6) is 0 Å². The standard InChI is InChI=1S/C14H17IN2/c1-12(15-10-6-2-3-7-11-15)17-14-9-5-4-8-13(14)16/h2-9H,10-11,16H2,1H3. The number of alkyl halides is 2. The molecule has 0 saturated heterocycles. The average molecular weight is 340 g/mol.